The van der Waals surface area contributed by atoms with E-state index in [-0.39, 0.29) is 24.9 Å². The molecule has 0 saturated heterocycles. The highest BCUT2D eigenvalue weighted by atomic mass is 32.1. The van der Waals surface area contributed by atoms with Gasteiger partial charge in [-0.25, -0.2) is 0 Å². The third-order valence-electron chi connectivity index (χ3n) is 3.64. The Morgan fingerprint density at radius 1 is 1.12 bits per heavy atom. The van der Waals surface area contributed by atoms with Crippen LogP contribution in [0.3, 0.4) is 0 Å². The number of rotatable bonds is 7. The van der Waals surface area contributed by atoms with Crippen LogP contribution in [0.5, 0.6) is 0 Å². The lowest BCUT2D eigenvalue weighted by atomic mass is 10.1. The summed E-state index contributed by atoms with van der Waals surface area (Å²) in [6, 6.07) is 7.88. The fourth-order valence-corrected chi connectivity index (χ4v) is 3.09. The summed E-state index contributed by atoms with van der Waals surface area (Å²) >= 11 is 1.64. The molecular formula is C18H23N3O2S. The summed E-state index contributed by atoms with van der Waals surface area (Å²) in [4.78, 5) is 25.9. The smallest absolute Gasteiger partial charge is 0.243 e. The fourth-order valence-electron chi connectivity index (χ4n) is 2.43. The number of anilines is 1. The standard InChI is InChI=1S/C18H23N3O2S/c1-13-5-4-6-14(2)18(13)20-16(22)9-19-17(23)11-21(3)10-15-7-8-24-12-15/h4-8,12H,9-11H2,1-3H3,(H,19,23)(H,20,22). The zero-order valence-corrected chi connectivity index (χ0v) is 15.1. The van der Waals surface area contributed by atoms with Crippen LogP contribution in [-0.4, -0.2) is 36.9 Å². The Morgan fingerprint density at radius 3 is 2.46 bits per heavy atom. The number of carbonyl (C=O) groups excluding carboxylic acids is 2. The van der Waals surface area contributed by atoms with Gasteiger partial charge in [-0.3, -0.25) is 14.5 Å². The number of nitrogens with zero attached hydrogens (tertiary/aromatic N) is 1. The van der Waals surface area contributed by atoms with Crippen LogP contribution < -0.4 is 10.6 Å². The Labute approximate surface area is 146 Å². The van der Waals surface area contributed by atoms with Crippen LogP contribution in [0.2, 0.25) is 0 Å². The van der Waals surface area contributed by atoms with Crippen molar-refractivity contribution in [2.24, 2.45) is 0 Å². The monoisotopic (exact) mass is 345 g/mol. The van der Waals surface area contributed by atoms with E-state index in [4.69, 9.17) is 0 Å². The fraction of sp³-hybridized carbons (Fsp3) is 0.333. The molecule has 0 spiro atoms. The molecule has 5 nitrogen and oxygen atoms in total. The third-order valence-corrected chi connectivity index (χ3v) is 4.37. The summed E-state index contributed by atoms with van der Waals surface area (Å²) < 4.78 is 0. The minimum atomic E-state index is -0.221. The van der Waals surface area contributed by atoms with E-state index in [2.05, 4.69) is 16.0 Å². The van der Waals surface area contributed by atoms with Gasteiger partial charge in [0.15, 0.2) is 0 Å². The van der Waals surface area contributed by atoms with Gasteiger partial charge in [0.25, 0.3) is 0 Å². The first-order valence-electron chi connectivity index (χ1n) is 7.78. The first kappa shape index (κ1) is 18.2. The highest BCUT2D eigenvalue weighted by Gasteiger charge is 2.11. The molecule has 128 valence electrons. The number of carbonyl (C=O) groups is 2. The molecule has 0 atom stereocenters. The number of hydrogen-bond donors (Lipinski definition) is 2. The van der Waals surface area contributed by atoms with Crippen LogP contribution in [0.15, 0.2) is 35.0 Å². The molecule has 24 heavy (non-hydrogen) atoms. The van der Waals surface area contributed by atoms with Gasteiger partial charge in [0.05, 0.1) is 13.1 Å². The highest BCUT2D eigenvalue weighted by molar-refractivity contribution is 7.07. The van der Waals surface area contributed by atoms with E-state index in [0.29, 0.717) is 6.54 Å². The minimum absolute atomic E-state index is 0.0289. The van der Waals surface area contributed by atoms with Crippen LogP contribution in [0.4, 0.5) is 5.69 Å². The second kappa shape index (κ2) is 8.61. The highest BCUT2D eigenvalue weighted by Crippen LogP contribution is 2.18. The molecule has 2 aromatic rings. The van der Waals surface area contributed by atoms with Gasteiger partial charge in [0.1, 0.15) is 0 Å². The first-order valence-corrected chi connectivity index (χ1v) is 8.72. The van der Waals surface area contributed by atoms with Crippen LogP contribution >= 0.6 is 11.3 Å². The average molecular weight is 345 g/mol. The molecule has 0 aliphatic carbocycles. The molecule has 2 amide bonds. The number of likely N-dealkylation sites (N-methyl/N-ethyl adjacent to an activating group) is 1. The van der Waals surface area contributed by atoms with Crippen molar-refractivity contribution < 1.29 is 9.59 Å². The molecule has 0 fully saturated rings. The zero-order valence-electron chi connectivity index (χ0n) is 14.3. The maximum atomic E-state index is 12.0. The topological polar surface area (TPSA) is 61.4 Å². The van der Waals surface area contributed by atoms with Gasteiger partial charge < -0.3 is 10.6 Å². The number of para-hydroxylation sites is 1. The predicted molar refractivity (Wildman–Crippen MR) is 98.2 cm³/mol. The van der Waals surface area contributed by atoms with Gasteiger partial charge in [-0.05, 0) is 54.4 Å². The molecular weight excluding hydrogens is 322 g/mol. The number of nitrogens with one attached hydrogen (secondary N) is 2. The summed E-state index contributed by atoms with van der Waals surface area (Å²) in [6.07, 6.45) is 0. The largest absolute Gasteiger partial charge is 0.346 e. The van der Waals surface area contributed by atoms with Crippen LogP contribution in [0, 0.1) is 13.8 Å². The number of benzene rings is 1. The Hall–Kier alpha value is -2.18. The van der Waals surface area contributed by atoms with E-state index in [1.165, 1.54) is 5.56 Å². The van der Waals surface area contributed by atoms with Gasteiger partial charge in [0, 0.05) is 12.2 Å². The van der Waals surface area contributed by atoms with Crippen LogP contribution in [0.25, 0.3) is 0 Å². The zero-order chi connectivity index (χ0) is 17.5. The Balaban J connectivity index is 1.76. The van der Waals surface area contributed by atoms with Crippen LogP contribution in [0.1, 0.15) is 16.7 Å². The molecule has 0 aliphatic rings. The summed E-state index contributed by atoms with van der Waals surface area (Å²) in [7, 11) is 1.88. The van der Waals surface area contributed by atoms with E-state index in [1.54, 1.807) is 11.3 Å². The molecule has 0 aliphatic heterocycles. The maximum absolute atomic E-state index is 12.0. The number of aryl methyl sites for hydroxylation is 2. The molecule has 1 heterocycles. The van der Waals surface area contributed by atoms with E-state index in [9.17, 15) is 9.59 Å². The number of hydrogen-bond acceptors (Lipinski definition) is 4. The Bertz CT molecular complexity index is 678. The second-order valence-corrected chi connectivity index (χ2v) is 6.68. The van der Waals surface area contributed by atoms with E-state index >= 15 is 0 Å². The van der Waals surface area contributed by atoms with Crippen molar-refractivity contribution in [3.8, 4) is 0 Å². The first-order chi connectivity index (χ1) is 11.5. The summed E-state index contributed by atoms with van der Waals surface area (Å²) in [5.74, 6) is -0.384. The van der Waals surface area contributed by atoms with E-state index in [1.807, 2.05) is 55.4 Å². The molecule has 0 radical (unpaired) electrons. The number of thiophene rings is 1. The quantitative estimate of drug-likeness (QED) is 0.811. The minimum Gasteiger partial charge on any atom is -0.346 e. The summed E-state index contributed by atoms with van der Waals surface area (Å²) in [5.41, 5.74) is 4.00. The van der Waals surface area contributed by atoms with Gasteiger partial charge >= 0.3 is 0 Å². The average Bonchev–Trinajstić information content (AvgIpc) is 3.02. The maximum Gasteiger partial charge on any atom is 0.243 e. The lowest BCUT2D eigenvalue weighted by molar-refractivity contribution is -0.124. The summed E-state index contributed by atoms with van der Waals surface area (Å²) in [5, 5.41) is 9.60. The molecule has 6 heteroatoms. The van der Waals surface area contributed by atoms with Crippen LogP contribution in [-0.2, 0) is 16.1 Å². The molecule has 2 rings (SSSR count). The van der Waals surface area contributed by atoms with Crippen molar-refractivity contribution in [3.05, 3.63) is 51.7 Å². The third kappa shape index (κ3) is 5.47. The molecule has 2 N–H and O–H groups in total. The van der Waals surface area contributed by atoms with Gasteiger partial charge in [-0.2, -0.15) is 11.3 Å². The second-order valence-electron chi connectivity index (χ2n) is 5.90. The van der Waals surface area contributed by atoms with Crippen molar-refractivity contribution in [2.45, 2.75) is 20.4 Å². The van der Waals surface area contributed by atoms with E-state index < -0.39 is 0 Å². The number of amides is 2. The molecule has 0 bridgehead atoms. The SMILES string of the molecule is Cc1cccc(C)c1NC(=O)CNC(=O)CN(C)Cc1ccsc1. The Morgan fingerprint density at radius 2 is 1.83 bits per heavy atom. The lowest BCUT2D eigenvalue weighted by Crippen LogP contribution is -2.39. The predicted octanol–water partition coefficient (Wildman–Crippen LogP) is 2.55. The van der Waals surface area contributed by atoms with E-state index in [0.717, 1.165) is 16.8 Å². The van der Waals surface area contributed by atoms with Crippen molar-refractivity contribution in [2.75, 3.05) is 25.5 Å². The summed E-state index contributed by atoms with van der Waals surface area (Å²) in [6.45, 7) is 4.83. The Kier molecular flexibility index (Phi) is 6.52. The normalized spacial score (nSPS) is 10.7. The molecule has 1 aromatic carbocycles. The van der Waals surface area contributed by atoms with Crippen molar-refractivity contribution in [1.29, 1.82) is 0 Å². The van der Waals surface area contributed by atoms with Crippen molar-refractivity contribution in [3.63, 3.8) is 0 Å². The lowest BCUT2D eigenvalue weighted by Gasteiger charge is -2.16. The molecule has 0 saturated carbocycles. The molecule has 0 unspecified atom stereocenters. The molecule has 1 aromatic heterocycles. The van der Waals surface area contributed by atoms with Gasteiger partial charge in [0.2, 0.25) is 11.8 Å². The van der Waals surface area contributed by atoms with Crippen molar-refractivity contribution in [1.82, 2.24) is 10.2 Å². The van der Waals surface area contributed by atoms with Gasteiger partial charge in [-0.1, -0.05) is 18.2 Å². The van der Waals surface area contributed by atoms with Gasteiger partial charge in [-0.15, -0.1) is 0 Å². The van der Waals surface area contributed by atoms with Crippen molar-refractivity contribution >= 4 is 28.8 Å².